The molecule has 0 atom stereocenters. The summed E-state index contributed by atoms with van der Waals surface area (Å²) in [5, 5.41) is 2.77. The fourth-order valence-electron chi connectivity index (χ4n) is 2.65. The molecule has 0 saturated carbocycles. The predicted octanol–water partition coefficient (Wildman–Crippen LogP) is 1.99. The molecule has 1 aromatic carbocycles. The second-order valence-electron chi connectivity index (χ2n) is 5.61. The van der Waals surface area contributed by atoms with Crippen molar-refractivity contribution in [3.05, 3.63) is 23.8 Å². The van der Waals surface area contributed by atoms with Crippen LogP contribution in [0, 0.1) is 0 Å². The highest BCUT2D eigenvalue weighted by Crippen LogP contribution is 2.27. The van der Waals surface area contributed by atoms with Gasteiger partial charge >= 0.3 is 12.1 Å². The average Bonchev–Trinajstić information content (AvgIpc) is 2.60. The third kappa shape index (κ3) is 4.55. The second kappa shape index (κ2) is 7.62. The summed E-state index contributed by atoms with van der Waals surface area (Å²) in [6.45, 7) is -0.0928. The molecule has 0 radical (unpaired) electrons. The summed E-state index contributed by atoms with van der Waals surface area (Å²) in [6.07, 6.45) is -4.34. The monoisotopic (exact) mass is 360 g/mol. The van der Waals surface area contributed by atoms with Gasteiger partial charge in [-0.05, 0) is 31.0 Å². The van der Waals surface area contributed by atoms with Crippen LogP contribution in [0.25, 0.3) is 0 Å². The Morgan fingerprint density at radius 1 is 1.12 bits per heavy atom. The standard InChI is InChI=1S/C16H19F3N2O4/c1-24-12-4-3-10(9-13(12)25-2)14(22)20-11-5-7-21(8-6-11)15(23)16(17,18)19/h3-4,9,11H,5-8H2,1-2H3,(H,20,22). The van der Waals surface area contributed by atoms with Crippen molar-refractivity contribution < 1.29 is 32.2 Å². The molecule has 1 N–H and O–H groups in total. The number of hydrogen-bond acceptors (Lipinski definition) is 4. The first-order chi connectivity index (χ1) is 11.8. The molecular weight excluding hydrogens is 341 g/mol. The number of carbonyl (C=O) groups excluding carboxylic acids is 2. The summed E-state index contributed by atoms with van der Waals surface area (Å²) in [5.74, 6) is -1.31. The summed E-state index contributed by atoms with van der Waals surface area (Å²) >= 11 is 0. The van der Waals surface area contributed by atoms with Gasteiger partial charge in [-0.25, -0.2) is 0 Å². The molecule has 0 spiro atoms. The van der Waals surface area contributed by atoms with Crippen LogP contribution in [-0.4, -0.2) is 56.2 Å². The molecule has 1 heterocycles. The largest absolute Gasteiger partial charge is 0.493 e. The number of benzene rings is 1. The van der Waals surface area contributed by atoms with Crippen LogP contribution in [0.15, 0.2) is 18.2 Å². The van der Waals surface area contributed by atoms with E-state index in [4.69, 9.17) is 9.47 Å². The molecule has 6 nitrogen and oxygen atoms in total. The molecule has 1 aliphatic rings. The topological polar surface area (TPSA) is 67.9 Å². The van der Waals surface area contributed by atoms with Crippen LogP contribution in [0.4, 0.5) is 13.2 Å². The van der Waals surface area contributed by atoms with E-state index in [1.54, 1.807) is 12.1 Å². The van der Waals surface area contributed by atoms with Crippen LogP contribution in [0.5, 0.6) is 11.5 Å². The minimum absolute atomic E-state index is 0.0464. The Balaban J connectivity index is 1.94. The number of alkyl halides is 3. The predicted molar refractivity (Wildman–Crippen MR) is 82.7 cm³/mol. The van der Waals surface area contributed by atoms with Gasteiger partial charge in [0.05, 0.1) is 14.2 Å². The number of nitrogens with zero attached hydrogens (tertiary/aromatic N) is 1. The Morgan fingerprint density at radius 2 is 1.72 bits per heavy atom. The third-order valence-corrected chi connectivity index (χ3v) is 4.01. The van der Waals surface area contributed by atoms with E-state index in [1.807, 2.05) is 0 Å². The highest BCUT2D eigenvalue weighted by molar-refractivity contribution is 5.95. The van der Waals surface area contributed by atoms with Gasteiger partial charge < -0.3 is 19.7 Å². The first-order valence-electron chi connectivity index (χ1n) is 7.65. The number of carbonyl (C=O) groups is 2. The van der Waals surface area contributed by atoms with Gasteiger partial charge in [0.1, 0.15) is 0 Å². The summed E-state index contributed by atoms with van der Waals surface area (Å²) in [7, 11) is 2.93. The quantitative estimate of drug-likeness (QED) is 0.892. The number of likely N-dealkylation sites (tertiary alicyclic amines) is 1. The Bertz CT molecular complexity index is 641. The van der Waals surface area contributed by atoms with E-state index in [0.29, 0.717) is 17.1 Å². The minimum atomic E-state index is -4.87. The number of rotatable bonds is 4. The van der Waals surface area contributed by atoms with E-state index in [2.05, 4.69) is 5.32 Å². The fraction of sp³-hybridized carbons (Fsp3) is 0.500. The van der Waals surface area contributed by atoms with Crippen LogP contribution in [0.1, 0.15) is 23.2 Å². The zero-order chi connectivity index (χ0) is 18.6. The van der Waals surface area contributed by atoms with Crippen molar-refractivity contribution >= 4 is 11.8 Å². The van der Waals surface area contributed by atoms with E-state index < -0.39 is 12.1 Å². The molecule has 1 saturated heterocycles. The van der Waals surface area contributed by atoms with Crippen LogP contribution in [-0.2, 0) is 4.79 Å². The Hall–Kier alpha value is -2.45. The Kier molecular flexibility index (Phi) is 5.76. The highest BCUT2D eigenvalue weighted by Gasteiger charge is 2.43. The maximum atomic E-state index is 12.4. The van der Waals surface area contributed by atoms with Crippen molar-refractivity contribution in [1.82, 2.24) is 10.2 Å². The van der Waals surface area contributed by atoms with Gasteiger partial charge in [-0.1, -0.05) is 0 Å². The van der Waals surface area contributed by atoms with E-state index in [1.165, 1.54) is 20.3 Å². The lowest BCUT2D eigenvalue weighted by molar-refractivity contribution is -0.186. The van der Waals surface area contributed by atoms with Crippen molar-refractivity contribution in [2.45, 2.75) is 25.1 Å². The molecule has 138 valence electrons. The highest BCUT2D eigenvalue weighted by atomic mass is 19.4. The van der Waals surface area contributed by atoms with Gasteiger partial charge in [0.25, 0.3) is 5.91 Å². The van der Waals surface area contributed by atoms with Crippen LogP contribution >= 0.6 is 0 Å². The Morgan fingerprint density at radius 3 is 2.24 bits per heavy atom. The number of methoxy groups -OCH3 is 2. The second-order valence-corrected chi connectivity index (χ2v) is 5.61. The molecule has 0 aromatic heterocycles. The van der Waals surface area contributed by atoms with Gasteiger partial charge in [-0.2, -0.15) is 13.2 Å². The van der Waals surface area contributed by atoms with Crippen molar-refractivity contribution in [2.75, 3.05) is 27.3 Å². The van der Waals surface area contributed by atoms with Crippen molar-refractivity contribution in [3.63, 3.8) is 0 Å². The molecule has 9 heteroatoms. The van der Waals surface area contributed by atoms with E-state index in [9.17, 15) is 22.8 Å². The van der Waals surface area contributed by atoms with E-state index >= 15 is 0 Å². The molecule has 2 rings (SSSR count). The SMILES string of the molecule is COc1ccc(C(=O)NC2CCN(C(=O)C(F)(F)F)CC2)cc1OC. The smallest absolute Gasteiger partial charge is 0.471 e. The molecule has 1 aromatic rings. The number of ether oxygens (including phenoxy) is 2. The van der Waals surface area contributed by atoms with Crippen molar-refractivity contribution in [1.29, 1.82) is 0 Å². The zero-order valence-corrected chi connectivity index (χ0v) is 13.9. The zero-order valence-electron chi connectivity index (χ0n) is 13.9. The maximum absolute atomic E-state index is 12.4. The fourth-order valence-corrected chi connectivity index (χ4v) is 2.65. The summed E-state index contributed by atoms with van der Waals surface area (Å²) in [6, 6.07) is 4.39. The van der Waals surface area contributed by atoms with Gasteiger partial charge in [-0.15, -0.1) is 0 Å². The lowest BCUT2D eigenvalue weighted by atomic mass is 10.0. The number of nitrogens with one attached hydrogen (secondary N) is 1. The van der Waals surface area contributed by atoms with Crippen molar-refractivity contribution in [3.8, 4) is 11.5 Å². The van der Waals surface area contributed by atoms with E-state index in [0.717, 1.165) is 4.90 Å². The van der Waals surface area contributed by atoms with Crippen molar-refractivity contribution in [2.24, 2.45) is 0 Å². The number of amides is 2. The third-order valence-electron chi connectivity index (χ3n) is 4.01. The van der Waals surface area contributed by atoms with Gasteiger partial charge in [0, 0.05) is 24.7 Å². The summed E-state index contributed by atoms with van der Waals surface area (Å²) in [4.78, 5) is 24.2. The molecule has 0 bridgehead atoms. The average molecular weight is 360 g/mol. The lowest BCUT2D eigenvalue weighted by Gasteiger charge is -2.32. The van der Waals surface area contributed by atoms with Crippen LogP contribution in [0.3, 0.4) is 0 Å². The molecule has 25 heavy (non-hydrogen) atoms. The lowest BCUT2D eigenvalue weighted by Crippen LogP contribution is -2.50. The maximum Gasteiger partial charge on any atom is 0.471 e. The van der Waals surface area contributed by atoms with Gasteiger partial charge in [0.15, 0.2) is 11.5 Å². The number of hydrogen-bond donors (Lipinski definition) is 1. The summed E-state index contributed by atoms with van der Waals surface area (Å²) < 4.78 is 47.5. The molecule has 2 amide bonds. The van der Waals surface area contributed by atoms with Gasteiger partial charge in [-0.3, -0.25) is 9.59 Å². The minimum Gasteiger partial charge on any atom is -0.493 e. The molecule has 0 aliphatic carbocycles. The molecular formula is C16H19F3N2O4. The van der Waals surface area contributed by atoms with E-state index in [-0.39, 0.29) is 37.9 Å². The Labute approximate surface area is 142 Å². The molecule has 1 aliphatic heterocycles. The number of halogens is 3. The first kappa shape index (κ1) is 18.9. The normalized spacial score (nSPS) is 15.6. The molecule has 0 unspecified atom stereocenters. The van der Waals surface area contributed by atoms with Crippen LogP contribution in [0.2, 0.25) is 0 Å². The first-order valence-corrected chi connectivity index (χ1v) is 7.65. The number of piperidine rings is 1. The van der Waals surface area contributed by atoms with Crippen LogP contribution < -0.4 is 14.8 Å². The summed E-state index contributed by atoms with van der Waals surface area (Å²) in [5.41, 5.74) is 0.353. The molecule has 1 fully saturated rings. The van der Waals surface area contributed by atoms with Gasteiger partial charge in [0.2, 0.25) is 0 Å².